The van der Waals surface area contributed by atoms with E-state index in [0.29, 0.717) is 0 Å². The van der Waals surface area contributed by atoms with Crippen LogP contribution in [0.1, 0.15) is 10.4 Å². The fourth-order valence-corrected chi connectivity index (χ4v) is 1.46. The third-order valence-electron chi connectivity index (χ3n) is 2.33. The van der Waals surface area contributed by atoms with Gasteiger partial charge in [0.05, 0.1) is 11.7 Å². The molecule has 0 radical (unpaired) electrons. The van der Waals surface area contributed by atoms with Crippen LogP contribution in [0.15, 0.2) is 18.2 Å². The van der Waals surface area contributed by atoms with Crippen LogP contribution in [-0.2, 0) is 0 Å². The van der Waals surface area contributed by atoms with Gasteiger partial charge >= 0.3 is 0 Å². The van der Waals surface area contributed by atoms with Crippen molar-refractivity contribution in [1.29, 1.82) is 0 Å². The van der Waals surface area contributed by atoms with Crippen molar-refractivity contribution in [2.75, 3.05) is 13.1 Å². The van der Waals surface area contributed by atoms with E-state index >= 15 is 0 Å². The molecule has 1 N–H and O–H groups in total. The number of rotatable bonds is 1. The fraction of sp³-hybridized carbons (Fsp3) is 0.300. The predicted octanol–water partition coefficient (Wildman–Crippen LogP) is 0.781. The van der Waals surface area contributed by atoms with Gasteiger partial charge in [0.15, 0.2) is 11.6 Å². The van der Waals surface area contributed by atoms with Crippen molar-refractivity contribution in [3.05, 3.63) is 35.4 Å². The van der Waals surface area contributed by atoms with E-state index < -0.39 is 23.6 Å². The quantitative estimate of drug-likeness (QED) is 0.749. The Kier molecular flexibility index (Phi) is 2.40. The molecule has 0 unspecified atom stereocenters. The molecular weight excluding hydrogens is 204 g/mol. The molecule has 15 heavy (non-hydrogen) atoms. The lowest BCUT2D eigenvalue weighted by atomic mass is 10.1. The zero-order chi connectivity index (χ0) is 11.0. The first-order chi connectivity index (χ1) is 7.09. The second kappa shape index (κ2) is 3.58. The Morgan fingerprint density at radius 2 is 2.07 bits per heavy atom. The molecule has 1 aliphatic heterocycles. The van der Waals surface area contributed by atoms with Gasteiger partial charge in [0.25, 0.3) is 5.91 Å². The summed E-state index contributed by atoms with van der Waals surface area (Å²) in [4.78, 5) is 12.8. The Morgan fingerprint density at radius 1 is 1.40 bits per heavy atom. The molecule has 0 atom stereocenters. The first-order valence-electron chi connectivity index (χ1n) is 4.51. The summed E-state index contributed by atoms with van der Waals surface area (Å²) >= 11 is 0. The summed E-state index contributed by atoms with van der Waals surface area (Å²) in [6.07, 6.45) is -0.550. The van der Waals surface area contributed by atoms with E-state index in [-0.39, 0.29) is 18.7 Å². The van der Waals surface area contributed by atoms with Gasteiger partial charge in [-0.25, -0.2) is 8.78 Å². The number of carbonyl (C=O) groups excluding carboxylic acids is 1. The summed E-state index contributed by atoms with van der Waals surface area (Å²) in [6.45, 7) is 0.351. The van der Waals surface area contributed by atoms with Gasteiger partial charge in [0.2, 0.25) is 0 Å². The van der Waals surface area contributed by atoms with Crippen molar-refractivity contribution in [2.45, 2.75) is 6.10 Å². The SMILES string of the molecule is O=C(c1cccc(F)c1F)N1CC(O)C1. The number of aliphatic hydroxyl groups excluding tert-OH is 1. The van der Waals surface area contributed by atoms with Crippen LogP contribution in [0.2, 0.25) is 0 Å². The monoisotopic (exact) mass is 213 g/mol. The number of hydrogen-bond acceptors (Lipinski definition) is 2. The predicted molar refractivity (Wildman–Crippen MR) is 48.3 cm³/mol. The van der Waals surface area contributed by atoms with Gasteiger partial charge in [0.1, 0.15) is 0 Å². The number of aliphatic hydroxyl groups is 1. The molecule has 1 amide bonds. The van der Waals surface area contributed by atoms with Crippen LogP contribution >= 0.6 is 0 Å². The zero-order valence-corrected chi connectivity index (χ0v) is 7.78. The van der Waals surface area contributed by atoms with Gasteiger partial charge in [-0.1, -0.05) is 6.07 Å². The molecule has 1 aliphatic rings. The summed E-state index contributed by atoms with van der Waals surface area (Å²) in [5.74, 6) is -2.76. The van der Waals surface area contributed by atoms with Crippen LogP contribution in [0.5, 0.6) is 0 Å². The summed E-state index contributed by atoms with van der Waals surface area (Å²) in [5.41, 5.74) is -0.290. The van der Waals surface area contributed by atoms with Crippen molar-refractivity contribution in [1.82, 2.24) is 4.90 Å². The van der Waals surface area contributed by atoms with Crippen LogP contribution in [0.3, 0.4) is 0 Å². The largest absolute Gasteiger partial charge is 0.389 e. The van der Waals surface area contributed by atoms with Crippen LogP contribution in [0.4, 0.5) is 8.78 Å². The standard InChI is InChI=1S/C10H9F2NO2/c11-8-3-1-2-7(9(8)12)10(15)13-4-6(14)5-13/h1-3,6,14H,4-5H2. The normalized spacial score (nSPS) is 16.3. The molecule has 5 heteroatoms. The van der Waals surface area contributed by atoms with E-state index in [4.69, 9.17) is 5.11 Å². The Balaban J connectivity index is 2.22. The lowest BCUT2D eigenvalue weighted by molar-refractivity contribution is 0.00553. The van der Waals surface area contributed by atoms with Gasteiger partial charge in [-0.15, -0.1) is 0 Å². The summed E-state index contributed by atoms with van der Waals surface area (Å²) in [6, 6.07) is 3.46. The lowest BCUT2D eigenvalue weighted by Gasteiger charge is -2.35. The molecule has 80 valence electrons. The van der Waals surface area contributed by atoms with Crippen molar-refractivity contribution >= 4 is 5.91 Å². The van der Waals surface area contributed by atoms with E-state index in [1.54, 1.807) is 0 Å². The number of amides is 1. The minimum absolute atomic E-state index is 0.175. The van der Waals surface area contributed by atoms with E-state index in [0.717, 1.165) is 6.07 Å². The minimum atomic E-state index is -1.14. The average molecular weight is 213 g/mol. The second-order valence-corrected chi connectivity index (χ2v) is 3.47. The van der Waals surface area contributed by atoms with Gasteiger partial charge in [-0.2, -0.15) is 0 Å². The number of likely N-dealkylation sites (tertiary alicyclic amines) is 1. The Bertz CT molecular complexity index is 402. The highest BCUT2D eigenvalue weighted by Gasteiger charge is 2.31. The molecule has 0 bridgehead atoms. The zero-order valence-electron chi connectivity index (χ0n) is 7.78. The van der Waals surface area contributed by atoms with Crippen molar-refractivity contribution in [3.8, 4) is 0 Å². The maximum absolute atomic E-state index is 13.2. The molecule has 1 heterocycles. The molecule has 1 fully saturated rings. The Labute approximate surface area is 84.9 Å². The maximum Gasteiger partial charge on any atom is 0.257 e. The molecule has 2 rings (SSSR count). The van der Waals surface area contributed by atoms with E-state index in [1.165, 1.54) is 17.0 Å². The molecule has 1 saturated heterocycles. The summed E-state index contributed by atoms with van der Waals surface area (Å²) < 4.78 is 26.0. The second-order valence-electron chi connectivity index (χ2n) is 3.47. The molecule has 0 aliphatic carbocycles. The fourth-order valence-electron chi connectivity index (χ4n) is 1.46. The number of carbonyl (C=O) groups is 1. The van der Waals surface area contributed by atoms with Gasteiger partial charge < -0.3 is 10.0 Å². The number of benzene rings is 1. The van der Waals surface area contributed by atoms with E-state index in [9.17, 15) is 13.6 Å². The van der Waals surface area contributed by atoms with E-state index in [2.05, 4.69) is 0 Å². The highest BCUT2D eigenvalue weighted by atomic mass is 19.2. The number of hydrogen-bond donors (Lipinski definition) is 1. The first kappa shape index (κ1) is 10.0. The summed E-state index contributed by atoms with van der Waals surface area (Å²) in [5, 5.41) is 8.98. The number of halogens is 2. The molecule has 0 saturated carbocycles. The Hall–Kier alpha value is -1.49. The van der Waals surface area contributed by atoms with Gasteiger partial charge in [0, 0.05) is 13.1 Å². The van der Waals surface area contributed by atoms with Crippen LogP contribution in [0, 0.1) is 11.6 Å². The Morgan fingerprint density at radius 3 is 2.67 bits per heavy atom. The maximum atomic E-state index is 13.2. The molecule has 0 spiro atoms. The minimum Gasteiger partial charge on any atom is -0.389 e. The smallest absolute Gasteiger partial charge is 0.257 e. The van der Waals surface area contributed by atoms with Crippen LogP contribution in [0.25, 0.3) is 0 Å². The lowest BCUT2D eigenvalue weighted by Crippen LogP contribution is -2.53. The van der Waals surface area contributed by atoms with Gasteiger partial charge in [-0.3, -0.25) is 4.79 Å². The van der Waals surface area contributed by atoms with E-state index in [1.807, 2.05) is 0 Å². The highest BCUT2D eigenvalue weighted by molar-refractivity contribution is 5.95. The summed E-state index contributed by atoms with van der Waals surface area (Å²) in [7, 11) is 0. The average Bonchev–Trinajstić information content (AvgIpc) is 2.16. The number of nitrogens with zero attached hydrogens (tertiary/aromatic N) is 1. The van der Waals surface area contributed by atoms with Crippen LogP contribution in [-0.4, -0.2) is 35.1 Å². The van der Waals surface area contributed by atoms with Crippen LogP contribution < -0.4 is 0 Å². The topological polar surface area (TPSA) is 40.5 Å². The molecule has 1 aromatic rings. The third kappa shape index (κ3) is 1.70. The molecular formula is C10H9F2NO2. The molecule has 1 aromatic carbocycles. The van der Waals surface area contributed by atoms with Crippen molar-refractivity contribution in [2.24, 2.45) is 0 Å². The molecule has 3 nitrogen and oxygen atoms in total. The molecule has 0 aromatic heterocycles. The van der Waals surface area contributed by atoms with Gasteiger partial charge in [-0.05, 0) is 12.1 Å². The highest BCUT2D eigenvalue weighted by Crippen LogP contribution is 2.17. The first-order valence-corrected chi connectivity index (χ1v) is 4.51. The third-order valence-corrected chi connectivity index (χ3v) is 2.33. The van der Waals surface area contributed by atoms with Crippen molar-refractivity contribution in [3.63, 3.8) is 0 Å². The van der Waals surface area contributed by atoms with Crippen molar-refractivity contribution < 1.29 is 18.7 Å². The number of β-amino-alcohol motifs (C(OH)–C–C–N with tert-alkyl or cyclic N) is 1.